The molecule has 0 saturated carbocycles. The lowest BCUT2D eigenvalue weighted by Crippen LogP contribution is -2.23. The number of benzene rings is 1. The van der Waals surface area contributed by atoms with E-state index in [1.54, 1.807) is 11.6 Å². The lowest BCUT2D eigenvalue weighted by Gasteiger charge is -2.14. The second kappa shape index (κ2) is 6.09. The van der Waals surface area contributed by atoms with E-state index >= 15 is 0 Å². The number of aliphatic hydroxyl groups excluding tert-OH is 1. The molecule has 3 aromatic rings. The van der Waals surface area contributed by atoms with Crippen molar-refractivity contribution in [1.82, 2.24) is 19.7 Å². The molecule has 0 aliphatic heterocycles. The number of aromatic amines is 2. The Morgan fingerprint density at radius 3 is 2.50 bits per heavy atom. The van der Waals surface area contributed by atoms with Gasteiger partial charge in [-0.15, -0.1) is 0 Å². The molecule has 0 bridgehead atoms. The minimum absolute atomic E-state index is 0.205. The first-order valence-electron chi connectivity index (χ1n) is 7.91. The van der Waals surface area contributed by atoms with Crippen molar-refractivity contribution in [3.8, 4) is 0 Å². The van der Waals surface area contributed by atoms with E-state index < -0.39 is 17.4 Å². The fraction of sp³-hybridized carbons (Fsp3) is 0.353. The highest BCUT2D eigenvalue weighted by Gasteiger charge is 2.23. The Labute approximate surface area is 138 Å². The quantitative estimate of drug-likeness (QED) is 0.679. The Morgan fingerprint density at radius 1 is 1.21 bits per heavy atom. The highest BCUT2D eigenvalue weighted by Crippen LogP contribution is 2.26. The second-order valence-corrected chi connectivity index (χ2v) is 5.97. The van der Waals surface area contributed by atoms with Crippen LogP contribution in [0.4, 0.5) is 0 Å². The van der Waals surface area contributed by atoms with Gasteiger partial charge < -0.3 is 5.11 Å². The lowest BCUT2D eigenvalue weighted by atomic mass is 10.1. The zero-order valence-electron chi connectivity index (χ0n) is 13.8. The fourth-order valence-corrected chi connectivity index (χ4v) is 2.79. The molecule has 0 radical (unpaired) electrons. The van der Waals surface area contributed by atoms with Gasteiger partial charge in [-0.05, 0) is 25.8 Å². The predicted molar refractivity (Wildman–Crippen MR) is 91.2 cm³/mol. The molecule has 0 unspecified atom stereocenters. The molecule has 0 amide bonds. The van der Waals surface area contributed by atoms with Crippen molar-refractivity contribution in [3.05, 3.63) is 61.9 Å². The summed E-state index contributed by atoms with van der Waals surface area (Å²) in [5.41, 5.74) is 1.59. The van der Waals surface area contributed by atoms with Crippen molar-refractivity contribution in [2.45, 2.75) is 39.3 Å². The Kier molecular flexibility index (Phi) is 4.11. The zero-order valence-corrected chi connectivity index (χ0v) is 13.8. The van der Waals surface area contributed by atoms with Gasteiger partial charge in [-0.3, -0.25) is 14.8 Å². The van der Waals surface area contributed by atoms with E-state index in [0.29, 0.717) is 12.1 Å². The van der Waals surface area contributed by atoms with Crippen LogP contribution in [0.3, 0.4) is 0 Å². The van der Waals surface area contributed by atoms with Crippen molar-refractivity contribution in [2.75, 3.05) is 0 Å². The predicted octanol–water partition coefficient (Wildman–Crippen LogP) is 1.77. The van der Waals surface area contributed by atoms with Gasteiger partial charge in [-0.1, -0.05) is 36.8 Å². The summed E-state index contributed by atoms with van der Waals surface area (Å²) in [6, 6.07) is 7.75. The molecular weight excluding hydrogens is 308 g/mol. The van der Waals surface area contributed by atoms with E-state index in [1.165, 1.54) is 0 Å². The Balaban J connectivity index is 2.26. The molecule has 3 N–H and O–H groups in total. The standard InChI is InChI=1S/C17H20N4O3/c1-4-12(22)14-13-15(18-17(24)19-16(13)23)21(20-14)10(3)11-7-5-9(2)6-8-11/h5-8,10,12,22H,4H2,1-3H3,(H2,18,19,23,24)/t10-,12+/m0/s1. The third-order valence-electron chi connectivity index (χ3n) is 4.25. The van der Waals surface area contributed by atoms with Crippen molar-refractivity contribution >= 4 is 11.0 Å². The molecular formula is C17H20N4O3. The van der Waals surface area contributed by atoms with Crippen molar-refractivity contribution in [2.24, 2.45) is 0 Å². The van der Waals surface area contributed by atoms with Gasteiger partial charge in [0.1, 0.15) is 16.7 Å². The number of hydrogen-bond donors (Lipinski definition) is 3. The minimum atomic E-state index is -0.869. The molecule has 1 aromatic carbocycles. The number of hydrogen-bond acceptors (Lipinski definition) is 4. The molecule has 2 aromatic heterocycles. The van der Waals surface area contributed by atoms with Gasteiger partial charge >= 0.3 is 5.69 Å². The SMILES string of the molecule is CC[C@@H](O)c1nn([C@@H](C)c2ccc(C)cc2)c2[nH]c(=O)[nH]c(=O)c12. The molecule has 24 heavy (non-hydrogen) atoms. The topological polar surface area (TPSA) is 104 Å². The third-order valence-corrected chi connectivity index (χ3v) is 4.25. The maximum atomic E-state index is 12.2. The summed E-state index contributed by atoms with van der Waals surface area (Å²) in [5.74, 6) is 0. The number of nitrogens with one attached hydrogen (secondary N) is 2. The average molecular weight is 328 g/mol. The monoisotopic (exact) mass is 328 g/mol. The Bertz CT molecular complexity index is 982. The van der Waals surface area contributed by atoms with Gasteiger partial charge in [-0.2, -0.15) is 5.10 Å². The van der Waals surface area contributed by atoms with Crippen LogP contribution in [0, 0.1) is 6.92 Å². The van der Waals surface area contributed by atoms with E-state index in [4.69, 9.17) is 0 Å². The average Bonchev–Trinajstić information content (AvgIpc) is 2.93. The van der Waals surface area contributed by atoms with E-state index in [-0.39, 0.29) is 17.1 Å². The van der Waals surface area contributed by atoms with E-state index in [0.717, 1.165) is 11.1 Å². The maximum Gasteiger partial charge on any atom is 0.327 e. The Morgan fingerprint density at radius 2 is 1.88 bits per heavy atom. The molecule has 0 aliphatic carbocycles. The highest BCUT2D eigenvalue weighted by atomic mass is 16.3. The van der Waals surface area contributed by atoms with E-state index in [2.05, 4.69) is 15.1 Å². The highest BCUT2D eigenvalue weighted by molar-refractivity contribution is 5.77. The van der Waals surface area contributed by atoms with Crippen LogP contribution in [-0.2, 0) is 0 Å². The van der Waals surface area contributed by atoms with Crippen LogP contribution in [0.5, 0.6) is 0 Å². The number of rotatable bonds is 4. The molecule has 3 rings (SSSR count). The summed E-state index contributed by atoms with van der Waals surface area (Å²) in [4.78, 5) is 28.8. The first-order chi connectivity index (χ1) is 11.4. The molecule has 0 spiro atoms. The normalized spacial score (nSPS) is 14.0. The van der Waals surface area contributed by atoms with E-state index in [9.17, 15) is 14.7 Å². The van der Waals surface area contributed by atoms with Crippen molar-refractivity contribution in [1.29, 1.82) is 0 Å². The summed E-state index contributed by atoms with van der Waals surface area (Å²) in [6.07, 6.45) is -0.449. The fourth-order valence-electron chi connectivity index (χ4n) is 2.79. The zero-order chi connectivity index (χ0) is 17.4. The largest absolute Gasteiger partial charge is 0.387 e. The number of aromatic nitrogens is 4. The molecule has 126 valence electrons. The van der Waals surface area contributed by atoms with Crippen LogP contribution in [0.25, 0.3) is 11.0 Å². The van der Waals surface area contributed by atoms with Crippen LogP contribution in [0.1, 0.15) is 49.2 Å². The maximum absolute atomic E-state index is 12.2. The minimum Gasteiger partial charge on any atom is -0.387 e. The summed E-state index contributed by atoms with van der Waals surface area (Å²) >= 11 is 0. The molecule has 0 fully saturated rings. The number of H-pyrrole nitrogens is 2. The van der Waals surface area contributed by atoms with Gasteiger partial charge in [0, 0.05) is 0 Å². The van der Waals surface area contributed by atoms with Crippen LogP contribution >= 0.6 is 0 Å². The molecule has 2 atom stereocenters. The van der Waals surface area contributed by atoms with Gasteiger partial charge in [0.25, 0.3) is 5.56 Å². The van der Waals surface area contributed by atoms with Gasteiger partial charge in [-0.25, -0.2) is 9.48 Å². The summed E-state index contributed by atoms with van der Waals surface area (Å²) in [6.45, 7) is 5.74. The third kappa shape index (κ3) is 2.67. The number of aliphatic hydroxyl groups is 1. The van der Waals surface area contributed by atoms with Gasteiger partial charge in [0.05, 0.1) is 12.1 Å². The smallest absolute Gasteiger partial charge is 0.327 e. The van der Waals surface area contributed by atoms with Crippen molar-refractivity contribution in [3.63, 3.8) is 0 Å². The van der Waals surface area contributed by atoms with E-state index in [1.807, 2.05) is 38.1 Å². The molecule has 0 saturated heterocycles. The van der Waals surface area contributed by atoms with Crippen LogP contribution in [0.2, 0.25) is 0 Å². The first-order valence-corrected chi connectivity index (χ1v) is 7.91. The molecule has 7 heteroatoms. The second-order valence-electron chi connectivity index (χ2n) is 5.97. The summed E-state index contributed by atoms with van der Waals surface area (Å²) in [7, 11) is 0. The van der Waals surface area contributed by atoms with Gasteiger partial charge in [0.2, 0.25) is 0 Å². The first kappa shape index (κ1) is 16.2. The number of aryl methyl sites for hydroxylation is 1. The van der Waals surface area contributed by atoms with Crippen LogP contribution in [-0.4, -0.2) is 24.9 Å². The van der Waals surface area contributed by atoms with Gasteiger partial charge in [0.15, 0.2) is 0 Å². The number of nitrogens with zero attached hydrogens (tertiary/aromatic N) is 2. The molecule has 0 aliphatic rings. The summed E-state index contributed by atoms with van der Waals surface area (Å²) < 4.78 is 1.59. The molecule has 2 heterocycles. The van der Waals surface area contributed by atoms with Crippen molar-refractivity contribution < 1.29 is 5.11 Å². The summed E-state index contributed by atoms with van der Waals surface area (Å²) in [5, 5.41) is 14.9. The Hall–Kier alpha value is -2.67. The van der Waals surface area contributed by atoms with Crippen LogP contribution < -0.4 is 11.2 Å². The number of fused-ring (bicyclic) bond motifs is 1. The van der Waals surface area contributed by atoms with Crippen LogP contribution in [0.15, 0.2) is 33.9 Å². The lowest BCUT2D eigenvalue weighted by molar-refractivity contribution is 0.169. The molecule has 7 nitrogen and oxygen atoms in total.